The molecular weight excluding hydrogens is 393 g/mol. The molecule has 0 heterocycles. The van der Waals surface area contributed by atoms with Crippen molar-refractivity contribution in [3.05, 3.63) is 52.0 Å². The van der Waals surface area contributed by atoms with Crippen LogP contribution in [0.1, 0.15) is 16.8 Å². The van der Waals surface area contributed by atoms with Crippen LogP contribution in [-0.2, 0) is 14.2 Å². The molecule has 6 nitrogen and oxygen atoms in total. The molecule has 2 rings (SSSR count). The molecule has 8 heteroatoms. The van der Waals surface area contributed by atoms with Crippen molar-refractivity contribution in [1.82, 2.24) is 0 Å². The third-order valence-corrected chi connectivity index (χ3v) is 4.05. The zero-order chi connectivity index (χ0) is 19.6. The molecule has 146 valence electrons. The van der Waals surface area contributed by atoms with Gasteiger partial charge in [-0.1, -0.05) is 35.3 Å². The number of anilines is 2. The number of ether oxygens (including phenoxy) is 4. The molecule has 0 aliphatic rings. The van der Waals surface area contributed by atoms with Gasteiger partial charge in [0.05, 0.1) is 41.6 Å². The van der Waals surface area contributed by atoms with Crippen LogP contribution in [0.15, 0.2) is 36.4 Å². The maximum Gasteiger partial charge on any atom is 0.339 e. The van der Waals surface area contributed by atoms with Crippen molar-refractivity contribution >= 4 is 40.5 Å². The minimum Gasteiger partial charge on any atom is -0.490 e. The van der Waals surface area contributed by atoms with Crippen molar-refractivity contribution in [2.75, 3.05) is 39.5 Å². The zero-order valence-corrected chi connectivity index (χ0v) is 16.6. The molecule has 2 aromatic carbocycles. The Hall–Kier alpha value is -1.99. The fourth-order valence-corrected chi connectivity index (χ4v) is 2.88. The Bertz CT molecular complexity index is 747. The van der Waals surface area contributed by atoms with E-state index < -0.39 is 5.97 Å². The SMILES string of the molecule is COCOCCCOc1c(Cl)cc(Nc2ccccc2C(=O)OC)cc1Cl. The Balaban J connectivity index is 2.05. The fraction of sp³-hybridized carbons (Fsp3) is 0.316. The summed E-state index contributed by atoms with van der Waals surface area (Å²) in [5, 5.41) is 3.85. The summed E-state index contributed by atoms with van der Waals surface area (Å²) in [7, 11) is 2.90. The number of hydrogen-bond acceptors (Lipinski definition) is 6. The summed E-state index contributed by atoms with van der Waals surface area (Å²) in [6, 6.07) is 10.3. The van der Waals surface area contributed by atoms with Gasteiger partial charge in [0.15, 0.2) is 5.75 Å². The minimum absolute atomic E-state index is 0.245. The Morgan fingerprint density at radius 3 is 2.44 bits per heavy atom. The van der Waals surface area contributed by atoms with Gasteiger partial charge >= 0.3 is 5.97 Å². The molecule has 1 N–H and O–H groups in total. The highest BCUT2D eigenvalue weighted by Crippen LogP contribution is 2.37. The number of esters is 1. The predicted molar refractivity (Wildman–Crippen MR) is 105 cm³/mol. The van der Waals surface area contributed by atoms with E-state index in [9.17, 15) is 4.79 Å². The molecule has 0 unspecified atom stereocenters. The lowest BCUT2D eigenvalue weighted by molar-refractivity contribution is -0.0333. The molecule has 0 spiro atoms. The van der Waals surface area contributed by atoms with Gasteiger partial charge in [-0.2, -0.15) is 0 Å². The second-order valence-corrected chi connectivity index (χ2v) is 6.26. The van der Waals surface area contributed by atoms with Crippen molar-refractivity contribution in [2.45, 2.75) is 6.42 Å². The van der Waals surface area contributed by atoms with Gasteiger partial charge in [0.2, 0.25) is 0 Å². The molecule has 0 saturated heterocycles. The first-order chi connectivity index (χ1) is 13.1. The van der Waals surface area contributed by atoms with Crippen LogP contribution in [0.25, 0.3) is 0 Å². The quantitative estimate of drug-likeness (QED) is 0.339. The third kappa shape index (κ3) is 6.29. The Kier molecular flexibility index (Phi) is 8.67. The number of carbonyl (C=O) groups is 1. The summed E-state index contributed by atoms with van der Waals surface area (Å²) in [5.41, 5.74) is 1.61. The van der Waals surface area contributed by atoms with Crippen LogP contribution in [0, 0.1) is 0 Å². The molecule has 0 aliphatic carbocycles. The maximum absolute atomic E-state index is 11.9. The van der Waals surface area contributed by atoms with Crippen LogP contribution >= 0.6 is 23.2 Å². The molecule has 0 radical (unpaired) electrons. The predicted octanol–water partition coefficient (Wildman–Crippen LogP) is 4.91. The summed E-state index contributed by atoms with van der Waals surface area (Å²) in [6.07, 6.45) is 0.669. The van der Waals surface area contributed by atoms with Crippen molar-refractivity contribution in [1.29, 1.82) is 0 Å². The topological polar surface area (TPSA) is 66.0 Å². The van der Waals surface area contributed by atoms with E-state index >= 15 is 0 Å². The Labute approximate surface area is 168 Å². The van der Waals surface area contributed by atoms with Crippen molar-refractivity contribution in [3.63, 3.8) is 0 Å². The first-order valence-electron chi connectivity index (χ1n) is 8.19. The molecule has 0 aliphatic heterocycles. The number of nitrogens with one attached hydrogen (secondary N) is 1. The van der Waals surface area contributed by atoms with E-state index in [-0.39, 0.29) is 6.79 Å². The van der Waals surface area contributed by atoms with Crippen LogP contribution in [0.5, 0.6) is 5.75 Å². The fourth-order valence-electron chi connectivity index (χ4n) is 2.28. The Morgan fingerprint density at radius 2 is 1.78 bits per heavy atom. The number of halogens is 2. The van der Waals surface area contributed by atoms with E-state index in [1.165, 1.54) is 7.11 Å². The van der Waals surface area contributed by atoms with E-state index in [2.05, 4.69) is 5.32 Å². The number of para-hydroxylation sites is 1. The van der Waals surface area contributed by atoms with Crippen molar-refractivity contribution in [2.24, 2.45) is 0 Å². The van der Waals surface area contributed by atoms with Crippen LogP contribution in [0.4, 0.5) is 11.4 Å². The summed E-state index contributed by atoms with van der Waals surface area (Å²) in [4.78, 5) is 11.9. The first-order valence-corrected chi connectivity index (χ1v) is 8.95. The van der Waals surface area contributed by atoms with Gasteiger partial charge in [0, 0.05) is 19.2 Å². The number of methoxy groups -OCH3 is 2. The van der Waals surface area contributed by atoms with Crippen LogP contribution < -0.4 is 10.1 Å². The summed E-state index contributed by atoms with van der Waals surface area (Å²) in [6.45, 7) is 1.16. The van der Waals surface area contributed by atoms with Crippen LogP contribution in [0.3, 0.4) is 0 Å². The van der Waals surface area contributed by atoms with E-state index in [0.29, 0.717) is 52.4 Å². The smallest absolute Gasteiger partial charge is 0.339 e. The molecule has 0 fully saturated rings. The van der Waals surface area contributed by atoms with E-state index in [1.807, 2.05) is 0 Å². The Morgan fingerprint density at radius 1 is 1.07 bits per heavy atom. The van der Waals surface area contributed by atoms with Gasteiger partial charge in [0.25, 0.3) is 0 Å². The van der Waals surface area contributed by atoms with Crippen molar-refractivity contribution in [3.8, 4) is 5.75 Å². The first kappa shape index (κ1) is 21.3. The average Bonchev–Trinajstić information content (AvgIpc) is 2.66. The molecule has 2 aromatic rings. The van der Waals surface area contributed by atoms with Crippen LogP contribution in [-0.4, -0.2) is 40.2 Å². The summed E-state index contributed by atoms with van der Waals surface area (Å²) < 4.78 is 20.4. The highest BCUT2D eigenvalue weighted by Gasteiger charge is 2.14. The molecule has 0 saturated carbocycles. The molecule has 0 aromatic heterocycles. The number of rotatable bonds is 10. The van der Waals surface area contributed by atoms with E-state index in [4.69, 9.17) is 42.1 Å². The highest BCUT2D eigenvalue weighted by molar-refractivity contribution is 6.37. The second kappa shape index (κ2) is 11.0. The monoisotopic (exact) mass is 413 g/mol. The van der Waals surface area contributed by atoms with Gasteiger partial charge in [-0.3, -0.25) is 0 Å². The third-order valence-electron chi connectivity index (χ3n) is 3.49. The molecule has 0 amide bonds. The minimum atomic E-state index is -0.439. The van der Waals surface area contributed by atoms with Gasteiger partial charge < -0.3 is 24.3 Å². The lowest BCUT2D eigenvalue weighted by Crippen LogP contribution is -2.06. The maximum atomic E-state index is 11.9. The average molecular weight is 414 g/mol. The normalized spacial score (nSPS) is 10.5. The summed E-state index contributed by atoms with van der Waals surface area (Å²) in [5.74, 6) is -0.0391. The van der Waals surface area contributed by atoms with E-state index in [1.54, 1.807) is 43.5 Å². The summed E-state index contributed by atoms with van der Waals surface area (Å²) >= 11 is 12.6. The number of hydrogen-bond donors (Lipinski definition) is 1. The van der Waals surface area contributed by atoms with Crippen LogP contribution in [0.2, 0.25) is 10.0 Å². The van der Waals surface area contributed by atoms with E-state index in [0.717, 1.165) is 0 Å². The number of benzene rings is 2. The zero-order valence-electron chi connectivity index (χ0n) is 15.1. The number of carbonyl (C=O) groups excluding carboxylic acids is 1. The molecule has 27 heavy (non-hydrogen) atoms. The molecule has 0 bridgehead atoms. The van der Waals surface area contributed by atoms with Crippen molar-refractivity contribution < 1.29 is 23.7 Å². The molecule has 0 atom stereocenters. The standard InChI is InChI=1S/C19H21Cl2NO5/c1-24-12-26-8-5-9-27-18-15(20)10-13(11-16(18)21)22-17-7-4-3-6-14(17)19(23)25-2/h3-4,6-7,10-11,22H,5,8-9,12H2,1-2H3. The van der Waals surface area contributed by atoms with Gasteiger partial charge in [0.1, 0.15) is 6.79 Å². The van der Waals surface area contributed by atoms with Gasteiger partial charge in [-0.05, 0) is 24.3 Å². The second-order valence-electron chi connectivity index (χ2n) is 5.45. The van der Waals surface area contributed by atoms with Gasteiger partial charge in [-0.25, -0.2) is 4.79 Å². The lowest BCUT2D eigenvalue weighted by atomic mass is 10.1. The highest BCUT2D eigenvalue weighted by atomic mass is 35.5. The molecular formula is C19H21Cl2NO5. The lowest BCUT2D eigenvalue weighted by Gasteiger charge is -2.14. The van der Waals surface area contributed by atoms with Gasteiger partial charge in [-0.15, -0.1) is 0 Å². The largest absolute Gasteiger partial charge is 0.490 e.